The van der Waals surface area contributed by atoms with E-state index < -0.39 is 6.10 Å². The number of allylic oxidation sites excluding steroid dienone is 14. The zero-order valence-corrected chi connectivity index (χ0v) is 48.8. The Bertz CT molecular complexity index is 1420. The first-order valence-corrected chi connectivity index (χ1v) is 31.6. The van der Waals surface area contributed by atoms with Crippen molar-refractivity contribution in [3.05, 3.63) is 85.1 Å². The third-order valence-electron chi connectivity index (χ3n) is 13.6. The predicted molar refractivity (Wildman–Crippen MR) is 321 cm³/mol. The summed E-state index contributed by atoms with van der Waals surface area (Å²) in [5, 5.41) is 0. The second kappa shape index (κ2) is 62.1. The standard InChI is InChI=1S/C68H118O6/c1-4-7-10-13-16-19-22-25-28-31-34-37-40-43-46-49-52-55-58-61-67(70)73-64-65(63-72-66(69)60-57-54-51-48-45-42-39-36-33-30-27-24-21-18-15-12-9-6-3)74-68(71)62-59-56-53-50-47-44-41-38-35-32-29-26-23-20-17-14-11-8-5-2/h16-17,19-20,25-26,28-30,33-35,37-38,65H,4-15,18,21-24,27,31-32,36,39-64H2,1-3H3/b19-16-,20-17-,28-25-,29-26-,33-30-,37-34-,38-35-. The maximum atomic E-state index is 12.9. The molecule has 0 aliphatic carbocycles. The van der Waals surface area contributed by atoms with E-state index in [1.54, 1.807) is 0 Å². The zero-order valence-electron chi connectivity index (χ0n) is 48.8. The van der Waals surface area contributed by atoms with Gasteiger partial charge in [0.25, 0.3) is 0 Å². The van der Waals surface area contributed by atoms with Crippen molar-refractivity contribution < 1.29 is 28.6 Å². The molecule has 0 aliphatic heterocycles. The molecule has 0 aromatic carbocycles. The lowest BCUT2D eigenvalue weighted by atomic mass is 10.1. The van der Waals surface area contributed by atoms with Gasteiger partial charge in [-0.3, -0.25) is 14.4 Å². The molecule has 0 amide bonds. The van der Waals surface area contributed by atoms with Gasteiger partial charge in [-0.2, -0.15) is 0 Å². The van der Waals surface area contributed by atoms with Crippen LogP contribution < -0.4 is 0 Å². The molecule has 6 heteroatoms. The minimum atomic E-state index is -0.793. The van der Waals surface area contributed by atoms with E-state index in [2.05, 4.69) is 106 Å². The van der Waals surface area contributed by atoms with Gasteiger partial charge in [-0.25, -0.2) is 0 Å². The van der Waals surface area contributed by atoms with E-state index >= 15 is 0 Å². The Morgan fingerprint density at radius 2 is 0.486 bits per heavy atom. The molecule has 0 heterocycles. The molecule has 0 saturated carbocycles. The summed E-state index contributed by atoms with van der Waals surface area (Å²) in [5.74, 6) is -0.907. The molecule has 0 aromatic rings. The van der Waals surface area contributed by atoms with Crippen molar-refractivity contribution in [2.45, 2.75) is 316 Å². The van der Waals surface area contributed by atoms with Crippen LogP contribution in [0.15, 0.2) is 85.1 Å². The van der Waals surface area contributed by atoms with Gasteiger partial charge in [-0.15, -0.1) is 0 Å². The van der Waals surface area contributed by atoms with Gasteiger partial charge in [0, 0.05) is 19.3 Å². The quantitative estimate of drug-likeness (QED) is 0.0261. The van der Waals surface area contributed by atoms with Crippen LogP contribution in [-0.4, -0.2) is 37.2 Å². The highest BCUT2D eigenvalue weighted by molar-refractivity contribution is 5.71. The smallest absolute Gasteiger partial charge is 0.306 e. The Kier molecular flexibility index (Phi) is 59.3. The van der Waals surface area contributed by atoms with Crippen molar-refractivity contribution in [2.24, 2.45) is 0 Å². The molecule has 0 fully saturated rings. The monoisotopic (exact) mass is 1030 g/mol. The lowest BCUT2D eigenvalue weighted by molar-refractivity contribution is -0.167. The molecule has 0 aliphatic rings. The summed E-state index contributed by atoms with van der Waals surface area (Å²) in [6.45, 7) is 6.59. The molecule has 6 nitrogen and oxygen atoms in total. The van der Waals surface area contributed by atoms with Crippen LogP contribution in [0.5, 0.6) is 0 Å². The van der Waals surface area contributed by atoms with Crippen LogP contribution in [0, 0.1) is 0 Å². The minimum absolute atomic E-state index is 0.0879. The van der Waals surface area contributed by atoms with Crippen molar-refractivity contribution in [1.82, 2.24) is 0 Å². The van der Waals surface area contributed by atoms with Gasteiger partial charge in [0.05, 0.1) is 0 Å². The Hall–Kier alpha value is -3.41. The SMILES string of the molecule is CCCCC/C=C\C/C=C\C/C=C\CCCCCCCCC(=O)OCC(COC(=O)CCCCCCCCC/C=C\CCCCCCCCC)OC(=O)CCCCCCCC/C=C\C/C=C\C/C=C\CCCCC. The van der Waals surface area contributed by atoms with Crippen LogP contribution in [0.25, 0.3) is 0 Å². The first-order chi connectivity index (χ1) is 36.5. The summed E-state index contributed by atoms with van der Waals surface area (Å²) in [6, 6.07) is 0. The first kappa shape index (κ1) is 70.6. The molecule has 0 radical (unpaired) electrons. The average molecular weight is 1030 g/mol. The fourth-order valence-electron chi connectivity index (χ4n) is 8.80. The van der Waals surface area contributed by atoms with E-state index in [-0.39, 0.29) is 31.1 Å². The molecule has 0 N–H and O–H groups in total. The van der Waals surface area contributed by atoms with Crippen molar-refractivity contribution >= 4 is 17.9 Å². The molecular weight excluding hydrogens is 913 g/mol. The van der Waals surface area contributed by atoms with Crippen LogP contribution in [0.4, 0.5) is 0 Å². The van der Waals surface area contributed by atoms with Crippen molar-refractivity contribution in [3.63, 3.8) is 0 Å². The van der Waals surface area contributed by atoms with Crippen LogP contribution in [0.1, 0.15) is 310 Å². The lowest BCUT2D eigenvalue weighted by Gasteiger charge is -2.18. The highest BCUT2D eigenvalue weighted by atomic mass is 16.6. The van der Waals surface area contributed by atoms with Crippen LogP contribution >= 0.6 is 0 Å². The normalized spacial score (nSPS) is 12.6. The Labute approximate surface area is 458 Å². The summed E-state index contributed by atoms with van der Waals surface area (Å²) >= 11 is 0. The number of hydrogen-bond donors (Lipinski definition) is 0. The van der Waals surface area contributed by atoms with Gasteiger partial charge in [-0.05, 0) is 122 Å². The molecule has 74 heavy (non-hydrogen) atoms. The van der Waals surface area contributed by atoms with Crippen LogP contribution in [-0.2, 0) is 28.6 Å². The number of ether oxygens (including phenoxy) is 3. The first-order valence-electron chi connectivity index (χ1n) is 31.6. The van der Waals surface area contributed by atoms with Crippen molar-refractivity contribution in [1.29, 1.82) is 0 Å². The summed E-state index contributed by atoms with van der Waals surface area (Å²) in [7, 11) is 0. The molecule has 1 atom stereocenters. The van der Waals surface area contributed by atoms with Gasteiger partial charge in [0.15, 0.2) is 6.10 Å². The van der Waals surface area contributed by atoms with E-state index in [9.17, 15) is 14.4 Å². The Balaban J connectivity index is 4.44. The second-order valence-corrected chi connectivity index (χ2v) is 21.0. The maximum Gasteiger partial charge on any atom is 0.306 e. The van der Waals surface area contributed by atoms with E-state index in [0.29, 0.717) is 19.3 Å². The number of carbonyl (C=O) groups is 3. The Morgan fingerprint density at radius 1 is 0.270 bits per heavy atom. The Morgan fingerprint density at radius 3 is 0.797 bits per heavy atom. The number of carbonyl (C=O) groups excluding carboxylic acids is 3. The van der Waals surface area contributed by atoms with E-state index in [0.717, 1.165) is 103 Å². The largest absolute Gasteiger partial charge is 0.462 e. The summed E-state index contributed by atoms with van der Waals surface area (Å²) < 4.78 is 16.9. The van der Waals surface area contributed by atoms with Gasteiger partial charge >= 0.3 is 17.9 Å². The fraction of sp³-hybridized carbons (Fsp3) is 0.750. The predicted octanol–water partition coefficient (Wildman–Crippen LogP) is 21.5. The van der Waals surface area contributed by atoms with Gasteiger partial charge in [0.1, 0.15) is 13.2 Å². The third-order valence-corrected chi connectivity index (χ3v) is 13.6. The topological polar surface area (TPSA) is 78.9 Å². The fourth-order valence-corrected chi connectivity index (χ4v) is 8.80. The van der Waals surface area contributed by atoms with Crippen LogP contribution in [0.2, 0.25) is 0 Å². The summed E-state index contributed by atoms with van der Waals surface area (Å²) in [6.07, 6.45) is 81.4. The third kappa shape index (κ3) is 59.5. The average Bonchev–Trinajstić information content (AvgIpc) is 3.40. The van der Waals surface area contributed by atoms with Gasteiger partial charge in [-0.1, -0.05) is 254 Å². The maximum absolute atomic E-state index is 12.9. The number of hydrogen-bond acceptors (Lipinski definition) is 6. The molecule has 426 valence electrons. The van der Waals surface area contributed by atoms with E-state index in [1.165, 1.54) is 167 Å². The molecular formula is C68H118O6. The highest BCUT2D eigenvalue weighted by Gasteiger charge is 2.19. The van der Waals surface area contributed by atoms with Crippen molar-refractivity contribution in [3.8, 4) is 0 Å². The molecule has 1 unspecified atom stereocenters. The molecule has 0 saturated heterocycles. The summed E-state index contributed by atoms with van der Waals surface area (Å²) in [5.41, 5.74) is 0. The van der Waals surface area contributed by atoms with Gasteiger partial charge in [0.2, 0.25) is 0 Å². The highest BCUT2D eigenvalue weighted by Crippen LogP contribution is 2.15. The number of unbranched alkanes of at least 4 members (excludes halogenated alkanes) is 32. The van der Waals surface area contributed by atoms with Gasteiger partial charge < -0.3 is 14.2 Å². The summed E-state index contributed by atoms with van der Waals surface area (Å²) in [4.78, 5) is 38.3. The number of rotatable bonds is 57. The minimum Gasteiger partial charge on any atom is -0.462 e. The van der Waals surface area contributed by atoms with E-state index in [4.69, 9.17) is 14.2 Å². The van der Waals surface area contributed by atoms with Crippen LogP contribution in [0.3, 0.4) is 0 Å². The molecule has 0 rings (SSSR count). The van der Waals surface area contributed by atoms with E-state index in [1.807, 2.05) is 0 Å². The molecule has 0 aromatic heterocycles. The van der Waals surface area contributed by atoms with Crippen molar-refractivity contribution in [2.75, 3.05) is 13.2 Å². The molecule has 0 spiro atoms. The molecule has 0 bridgehead atoms. The number of esters is 3. The second-order valence-electron chi connectivity index (χ2n) is 21.0. The lowest BCUT2D eigenvalue weighted by Crippen LogP contribution is -2.30. The zero-order chi connectivity index (χ0) is 53.6.